The van der Waals surface area contributed by atoms with Crippen molar-refractivity contribution in [3.8, 4) is 11.5 Å². The van der Waals surface area contributed by atoms with Crippen LogP contribution in [0.3, 0.4) is 0 Å². The third-order valence-electron chi connectivity index (χ3n) is 5.45. The van der Waals surface area contributed by atoms with Crippen LogP contribution in [-0.4, -0.2) is 74.1 Å². The summed E-state index contributed by atoms with van der Waals surface area (Å²) < 4.78 is 16.4. The number of urea groups is 1. The highest BCUT2D eigenvalue weighted by atomic mass is 16.5. The molecule has 2 fully saturated rings. The molecule has 4 rings (SSSR count). The van der Waals surface area contributed by atoms with E-state index in [9.17, 15) is 4.79 Å². The van der Waals surface area contributed by atoms with Crippen molar-refractivity contribution in [1.82, 2.24) is 20.2 Å². The lowest BCUT2D eigenvalue weighted by Gasteiger charge is -2.36. The summed E-state index contributed by atoms with van der Waals surface area (Å²) >= 11 is 0. The summed E-state index contributed by atoms with van der Waals surface area (Å²) in [5.41, 5.74) is 0.794. The van der Waals surface area contributed by atoms with E-state index >= 15 is 0 Å². The molecule has 3 heterocycles. The van der Waals surface area contributed by atoms with E-state index in [1.54, 1.807) is 20.5 Å². The van der Waals surface area contributed by atoms with Gasteiger partial charge in [-0.25, -0.2) is 14.8 Å². The molecule has 2 aromatic rings. The molecule has 0 aliphatic carbocycles. The smallest absolute Gasteiger partial charge is 0.319 e. The molecule has 9 nitrogen and oxygen atoms in total. The molecule has 0 bridgehead atoms. The van der Waals surface area contributed by atoms with Crippen LogP contribution >= 0.6 is 0 Å². The molecule has 1 atom stereocenters. The van der Waals surface area contributed by atoms with Gasteiger partial charge in [0.1, 0.15) is 18.4 Å². The van der Waals surface area contributed by atoms with E-state index in [0.717, 1.165) is 36.0 Å². The fourth-order valence-corrected chi connectivity index (χ4v) is 3.83. The predicted octanol–water partition coefficient (Wildman–Crippen LogP) is 2.01. The average molecular weight is 401 g/mol. The van der Waals surface area contributed by atoms with Crippen molar-refractivity contribution in [1.29, 1.82) is 0 Å². The van der Waals surface area contributed by atoms with Crippen LogP contribution in [0.2, 0.25) is 0 Å². The van der Waals surface area contributed by atoms with E-state index in [1.807, 2.05) is 17.0 Å². The maximum atomic E-state index is 12.5. The molecule has 2 aliphatic rings. The Morgan fingerprint density at radius 1 is 1.10 bits per heavy atom. The van der Waals surface area contributed by atoms with Crippen LogP contribution in [0.25, 0.3) is 10.9 Å². The van der Waals surface area contributed by atoms with E-state index in [2.05, 4.69) is 20.2 Å². The molecule has 0 saturated carbocycles. The van der Waals surface area contributed by atoms with Crippen molar-refractivity contribution < 1.29 is 19.0 Å². The third kappa shape index (κ3) is 4.14. The second-order valence-electron chi connectivity index (χ2n) is 7.20. The second-order valence-corrected chi connectivity index (χ2v) is 7.20. The van der Waals surface area contributed by atoms with Gasteiger partial charge in [0.15, 0.2) is 11.5 Å². The van der Waals surface area contributed by atoms with Crippen LogP contribution in [-0.2, 0) is 4.74 Å². The fourth-order valence-electron chi connectivity index (χ4n) is 3.83. The van der Waals surface area contributed by atoms with Gasteiger partial charge in [-0.05, 0) is 25.3 Å². The van der Waals surface area contributed by atoms with Gasteiger partial charge in [0.25, 0.3) is 0 Å². The topological polar surface area (TPSA) is 89.1 Å². The zero-order chi connectivity index (χ0) is 20.2. The minimum absolute atomic E-state index is 0.0597. The summed E-state index contributed by atoms with van der Waals surface area (Å²) in [5, 5.41) is 3.89. The largest absolute Gasteiger partial charge is 0.493 e. The summed E-state index contributed by atoms with van der Waals surface area (Å²) in [6, 6.07) is 3.70. The van der Waals surface area contributed by atoms with Gasteiger partial charge in [0, 0.05) is 44.2 Å². The number of nitrogens with zero attached hydrogens (tertiary/aromatic N) is 4. The van der Waals surface area contributed by atoms with Crippen LogP contribution in [0.15, 0.2) is 18.5 Å². The summed E-state index contributed by atoms with van der Waals surface area (Å²) in [4.78, 5) is 25.4. The molecule has 1 aromatic heterocycles. The van der Waals surface area contributed by atoms with E-state index in [4.69, 9.17) is 14.2 Å². The van der Waals surface area contributed by atoms with Crippen LogP contribution in [0.5, 0.6) is 11.5 Å². The predicted molar refractivity (Wildman–Crippen MR) is 109 cm³/mol. The Bertz CT molecular complexity index is 863. The monoisotopic (exact) mass is 401 g/mol. The van der Waals surface area contributed by atoms with Crippen molar-refractivity contribution in [3.05, 3.63) is 18.5 Å². The number of hydrogen-bond donors (Lipinski definition) is 1. The van der Waals surface area contributed by atoms with Gasteiger partial charge in [-0.1, -0.05) is 0 Å². The fraction of sp³-hybridized carbons (Fsp3) is 0.550. The Morgan fingerprint density at radius 3 is 2.55 bits per heavy atom. The van der Waals surface area contributed by atoms with Crippen molar-refractivity contribution in [2.24, 2.45) is 0 Å². The van der Waals surface area contributed by atoms with Crippen molar-refractivity contribution in [2.75, 3.05) is 51.9 Å². The number of carbonyl (C=O) groups is 1. The molecule has 29 heavy (non-hydrogen) atoms. The number of aromatic nitrogens is 2. The third-order valence-corrected chi connectivity index (χ3v) is 5.45. The number of hydrogen-bond acceptors (Lipinski definition) is 7. The second kappa shape index (κ2) is 8.69. The highest BCUT2D eigenvalue weighted by molar-refractivity contribution is 5.92. The van der Waals surface area contributed by atoms with Gasteiger partial charge >= 0.3 is 6.03 Å². The van der Waals surface area contributed by atoms with E-state index in [0.29, 0.717) is 44.3 Å². The first-order chi connectivity index (χ1) is 14.2. The molecule has 1 aromatic carbocycles. The molecular formula is C20H27N5O4. The number of nitrogens with one attached hydrogen (secondary N) is 1. The van der Waals surface area contributed by atoms with Gasteiger partial charge in [-0.15, -0.1) is 0 Å². The molecule has 0 radical (unpaired) electrons. The summed E-state index contributed by atoms with van der Waals surface area (Å²) in [7, 11) is 3.22. The van der Waals surface area contributed by atoms with E-state index < -0.39 is 0 Å². The van der Waals surface area contributed by atoms with Gasteiger partial charge < -0.3 is 29.3 Å². The summed E-state index contributed by atoms with van der Waals surface area (Å²) in [6.07, 6.45) is 4.43. The first kappa shape index (κ1) is 19.5. The van der Waals surface area contributed by atoms with Crippen LogP contribution in [0.4, 0.5) is 10.6 Å². The quantitative estimate of drug-likeness (QED) is 0.838. The first-order valence-corrected chi connectivity index (χ1v) is 9.98. The lowest BCUT2D eigenvalue weighted by atomic mass is 10.2. The van der Waals surface area contributed by atoms with Gasteiger partial charge in [-0.2, -0.15) is 0 Å². The Hall–Kier alpha value is -2.81. The molecule has 2 aliphatic heterocycles. The lowest BCUT2D eigenvalue weighted by Crippen LogP contribution is -2.54. The minimum atomic E-state index is -0.164. The maximum Gasteiger partial charge on any atom is 0.319 e. The number of methoxy groups -OCH3 is 2. The number of rotatable bonds is 4. The molecule has 1 N–H and O–H groups in total. The Labute approximate surface area is 169 Å². The summed E-state index contributed by atoms with van der Waals surface area (Å²) in [5.74, 6) is 2.12. The number of ether oxygens (including phenoxy) is 3. The molecule has 1 unspecified atom stereocenters. The highest BCUT2D eigenvalue weighted by Crippen LogP contribution is 2.34. The van der Waals surface area contributed by atoms with Crippen molar-refractivity contribution in [3.63, 3.8) is 0 Å². The van der Waals surface area contributed by atoms with E-state index in [-0.39, 0.29) is 12.3 Å². The van der Waals surface area contributed by atoms with Crippen molar-refractivity contribution in [2.45, 2.75) is 25.5 Å². The maximum absolute atomic E-state index is 12.5. The SMILES string of the molecule is COc1cc2ncnc(N3CCN(C(=O)NC4CCCCO4)CC3)c2cc1OC. The summed E-state index contributed by atoms with van der Waals surface area (Å²) in [6.45, 7) is 3.35. The molecule has 9 heteroatoms. The average Bonchev–Trinajstić information content (AvgIpc) is 2.78. The molecular weight excluding hydrogens is 374 g/mol. The van der Waals surface area contributed by atoms with Crippen LogP contribution < -0.4 is 19.7 Å². The highest BCUT2D eigenvalue weighted by Gasteiger charge is 2.26. The normalized spacial score (nSPS) is 19.9. The van der Waals surface area contributed by atoms with E-state index in [1.165, 1.54) is 0 Å². The standard InChI is InChI=1S/C20H27N5O4/c1-27-16-11-14-15(12-17(16)28-2)21-13-22-19(14)24-6-8-25(9-7-24)20(26)23-18-5-3-4-10-29-18/h11-13,18H,3-10H2,1-2H3,(H,23,26). The zero-order valence-corrected chi connectivity index (χ0v) is 16.9. The Balaban J connectivity index is 1.45. The van der Waals surface area contributed by atoms with Gasteiger partial charge in [0.05, 0.1) is 19.7 Å². The number of piperazine rings is 1. The zero-order valence-electron chi connectivity index (χ0n) is 16.9. The van der Waals surface area contributed by atoms with Gasteiger partial charge in [0.2, 0.25) is 0 Å². The molecule has 2 saturated heterocycles. The molecule has 156 valence electrons. The Kier molecular flexibility index (Phi) is 5.84. The Morgan fingerprint density at radius 2 is 1.86 bits per heavy atom. The lowest BCUT2D eigenvalue weighted by molar-refractivity contribution is -0.000762. The molecule has 2 amide bonds. The van der Waals surface area contributed by atoms with Crippen LogP contribution in [0.1, 0.15) is 19.3 Å². The minimum Gasteiger partial charge on any atom is -0.493 e. The number of fused-ring (bicyclic) bond motifs is 1. The van der Waals surface area contributed by atoms with Gasteiger partial charge in [-0.3, -0.25) is 0 Å². The first-order valence-electron chi connectivity index (χ1n) is 9.98. The molecule has 0 spiro atoms. The van der Waals surface area contributed by atoms with Crippen molar-refractivity contribution >= 4 is 22.8 Å². The number of carbonyl (C=O) groups excluding carboxylic acids is 1. The number of benzene rings is 1. The number of amides is 2. The van der Waals surface area contributed by atoms with Crippen LogP contribution in [0, 0.1) is 0 Å². The number of anilines is 1.